The summed E-state index contributed by atoms with van der Waals surface area (Å²) in [5.74, 6) is -0.452. The van der Waals surface area contributed by atoms with Crippen LogP contribution in [0.4, 0.5) is 4.39 Å². The Labute approximate surface area is 267 Å². The van der Waals surface area contributed by atoms with Gasteiger partial charge in [-0.3, -0.25) is 14.2 Å². The molecule has 12 nitrogen and oxygen atoms in total. The minimum atomic E-state index is -0.960. The van der Waals surface area contributed by atoms with Crippen LogP contribution >= 0.6 is 11.3 Å². The first-order valence-corrected chi connectivity index (χ1v) is 15.6. The Kier molecular flexibility index (Phi) is 9.10. The van der Waals surface area contributed by atoms with Crippen LogP contribution in [0.5, 0.6) is 5.75 Å². The molecule has 14 heteroatoms. The van der Waals surface area contributed by atoms with Gasteiger partial charge in [0.2, 0.25) is 5.91 Å². The van der Waals surface area contributed by atoms with Crippen LogP contribution in [-0.2, 0) is 27.4 Å². The van der Waals surface area contributed by atoms with Crippen molar-refractivity contribution in [2.45, 2.75) is 38.6 Å². The number of benzene rings is 2. The molecule has 1 saturated heterocycles. The van der Waals surface area contributed by atoms with Gasteiger partial charge >= 0.3 is 5.69 Å². The molecule has 0 saturated carbocycles. The maximum atomic E-state index is 14.8. The van der Waals surface area contributed by atoms with Gasteiger partial charge in [0.05, 0.1) is 37.5 Å². The van der Waals surface area contributed by atoms with Gasteiger partial charge in [-0.1, -0.05) is 41.7 Å². The fourth-order valence-corrected chi connectivity index (χ4v) is 6.88. The van der Waals surface area contributed by atoms with Crippen LogP contribution in [0, 0.1) is 12.7 Å². The largest absolute Gasteiger partial charge is 0.489 e. The number of halogens is 1. The Morgan fingerprint density at radius 3 is 2.52 bits per heavy atom. The summed E-state index contributed by atoms with van der Waals surface area (Å²) in [7, 11) is 3.18. The number of hydrogen-bond acceptors (Lipinski definition) is 9. The van der Waals surface area contributed by atoms with Crippen molar-refractivity contribution in [1.29, 1.82) is 0 Å². The van der Waals surface area contributed by atoms with E-state index in [-0.39, 0.29) is 37.7 Å². The summed E-state index contributed by atoms with van der Waals surface area (Å²) in [6.45, 7) is 2.65. The minimum absolute atomic E-state index is 0.118. The van der Waals surface area contributed by atoms with Gasteiger partial charge in [0.25, 0.3) is 5.56 Å². The van der Waals surface area contributed by atoms with Crippen LogP contribution in [0.1, 0.15) is 35.3 Å². The van der Waals surface area contributed by atoms with E-state index >= 15 is 0 Å². The molecule has 0 radical (unpaired) electrons. The number of fused-ring (bicyclic) bond motifs is 1. The molecular formula is C32H33FN6O6S. The molecule has 0 spiro atoms. The molecule has 0 bridgehead atoms. The molecule has 6 rings (SSSR count). The number of likely N-dealkylation sites (tertiary alicyclic amines) is 1. The Balaban J connectivity index is 1.51. The van der Waals surface area contributed by atoms with Crippen LogP contribution in [0.25, 0.3) is 15.2 Å². The Hall–Kier alpha value is -4.66. The molecule has 46 heavy (non-hydrogen) atoms. The number of methoxy groups -OCH3 is 1. The van der Waals surface area contributed by atoms with Gasteiger partial charge in [0.1, 0.15) is 40.2 Å². The molecule has 2 aromatic carbocycles. The van der Waals surface area contributed by atoms with Gasteiger partial charge in [0, 0.05) is 31.8 Å². The topological polar surface area (TPSA) is 123 Å². The number of aromatic nitrogens is 5. The summed E-state index contributed by atoms with van der Waals surface area (Å²) in [6.07, 6.45) is 2.44. The van der Waals surface area contributed by atoms with Crippen molar-refractivity contribution in [2.75, 3.05) is 33.9 Å². The van der Waals surface area contributed by atoms with E-state index in [9.17, 15) is 18.8 Å². The molecule has 0 N–H and O–H groups in total. The van der Waals surface area contributed by atoms with Gasteiger partial charge in [-0.25, -0.2) is 13.8 Å². The highest BCUT2D eigenvalue weighted by molar-refractivity contribution is 7.21. The lowest BCUT2D eigenvalue weighted by Gasteiger charge is -2.24. The van der Waals surface area contributed by atoms with Crippen molar-refractivity contribution in [3.63, 3.8) is 0 Å². The van der Waals surface area contributed by atoms with Crippen molar-refractivity contribution in [3.8, 4) is 10.8 Å². The Morgan fingerprint density at radius 2 is 1.83 bits per heavy atom. The van der Waals surface area contributed by atoms with E-state index in [2.05, 4.69) is 10.2 Å². The van der Waals surface area contributed by atoms with Crippen LogP contribution < -0.4 is 16.0 Å². The number of likely N-dealkylation sites (N-methyl/N-ethyl adjacent to an activating group) is 1. The molecule has 0 aliphatic carbocycles. The lowest BCUT2D eigenvalue weighted by atomic mass is 10.1. The molecule has 1 aliphatic rings. The highest BCUT2D eigenvalue weighted by atomic mass is 32.1. The van der Waals surface area contributed by atoms with Crippen LogP contribution in [0.15, 0.2) is 70.5 Å². The fourth-order valence-electron chi connectivity index (χ4n) is 5.66. The first kappa shape index (κ1) is 31.3. The fraction of sp³-hybridized carbons (Fsp3) is 0.344. The maximum Gasteiger partial charge on any atom is 0.332 e. The van der Waals surface area contributed by atoms with E-state index < -0.39 is 29.2 Å². The summed E-state index contributed by atoms with van der Waals surface area (Å²) < 4.78 is 34.9. The molecule has 1 aliphatic heterocycles. The third-order valence-corrected chi connectivity index (χ3v) is 9.32. The normalized spacial score (nSPS) is 15.6. The van der Waals surface area contributed by atoms with E-state index in [4.69, 9.17) is 14.2 Å². The van der Waals surface area contributed by atoms with Gasteiger partial charge in [0.15, 0.2) is 0 Å². The predicted octanol–water partition coefficient (Wildman–Crippen LogP) is 3.64. The molecular weight excluding hydrogens is 615 g/mol. The number of carbonyl (C=O) groups excluding carboxylic acids is 1. The first-order chi connectivity index (χ1) is 22.3. The van der Waals surface area contributed by atoms with Crippen molar-refractivity contribution in [2.24, 2.45) is 0 Å². The van der Waals surface area contributed by atoms with Crippen LogP contribution in [0.3, 0.4) is 0 Å². The average Bonchev–Trinajstić information content (AvgIpc) is 3.79. The SMILES string of the molecule is COCCO[C@@H](Cn1c(=O)n([C@@H]2CCN(C)C2=O)c(=O)c2c(C)c(-n3nccn3)sc21)c1cc(F)ccc1OCc1ccccc1. The number of carbonyl (C=O) groups is 1. The summed E-state index contributed by atoms with van der Waals surface area (Å²) in [5, 5.41) is 9.29. The highest BCUT2D eigenvalue weighted by Gasteiger charge is 2.35. The lowest BCUT2D eigenvalue weighted by molar-refractivity contribution is -0.129. The van der Waals surface area contributed by atoms with Crippen molar-refractivity contribution < 1.29 is 23.4 Å². The molecule has 4 heterocycles. The molecule has 1 fully saturated rings. The van der Waals surface area contributed by atoms with E-state index in [0.29, 0.717) is 39.7 Å². The number of amides is 1. The Bertz CT molecular complexity index is 1970. The molecule has 240 valence electrons. The zero-order chi connectivity index (χ0) is 32.4. The zero-order valence-corrected chi connectivity index (χ0v) is 26.4. The average molecular weight is 649 g/mol. The highest BCUT2D eigenvalue weighted by Crippen LogP contribution is 2.35. The second kappa shape index (κ2) is 13.4. The van der Waals surface area contributed by atoms with Gasteiger partial charge in [-0.15, -0.1) is 4.80 Å². The number of thiophene rings is 1. The third-order valence-electron chi connectivity index (χ3n) is 8.04. The van der Waals surface area contributed by atoms with Crippen molar-refractivity contribution in [1.82, 2.24) is 29.0 Å². The molecule has 2 atom stereocenters. The van der Waals surface area contributed by atoms with E-state index in [1.807, 2.05) is 30.3 Å². The quantitative estimate of drug-likeness (QED) is 0.188. The summed E-state index contributed by atoms with van der Waals surface area (Å²) in [4.78, 5) is 44.8. The second-order valence-corrected chi connectivity index (χ2v) is 11.9. The smallest absolute Gasteiger partial charge is 0.332 e. The van der Waals surface area contributed by atoms with E-state index in [1.54, 1.807) is 14.0 Å². The molecule has 0 unspecified atom stereocenters. The minimum Gasteiger partial charge on any atom is -0.489 e. The van der Waals surface area contributed by atoms with Crippen LogP contribution in [0.2, 0.25) is 0 Å². The van der Waals surface area contributed by atoms with Crippen molar-refractivity contribution in [3.05, 3.63) is 104 Å². The standard InChI is InChI=1S/C32H33FN6O6S/c1-20-27-29(41)38(24-11-14-36(2)28(24)40)32(42)37(31(27)46-30(20)39-34-12-13-35-39)18-26(44-16-15-43-3)23-17-22(33)9-10-25(23)45-19-21-7-5-4-6-8-21/h4-10,12-13,17,24,26H,11,14-16,18-19H2,1-3H3/t24-,26+/m1/s1. The number of ether oxygens (including phenoxy) is 3. The number of nitrogens with zero attached hydrogens (tertiary/aromatic N) is 6. The van der Waals surface area contributed by atoms with Crippen molar-refractivity contribution >= 4 is 27.5 Å². The van der Waals surface area contributed by atoms with E-state index in [0.717, 1.165) is 10.1 Å². The molecule has 5 aromatic rings. The third kappa shape index (κ3) is 5.98. The van der Waals surface area contributed by atoms with Gasteiger partial charge < -0.3 is 19.1 Å². The monoisotopic (exact) mass is 648 g/mol. The predicted molar refractivity (Wildman–Crippen MR) is 169 cm³/mol. The van der Waals surface area contributed by atoms with E-state index in [1.165, 1.54) is 63.3 Å². The molecule has 3 aromatic heterocycles. The number of hydrogen-bond donors (Lipinski definition) is 0. The van der Waals surface area contributed by atoms with Gasteiger partial charge in [-0.05, 0) is 37.1 Å². The van der Waals surface area contributed by atoms with Crippen LogP contribution in [-0.4, -0.2) is 68.9 Å². The summed E-state index contributed by atoms with van der Waals surface area (Å²) in [6, 6.07) is 12.7. The first-order valence-electron chi connectivity index (χ1n) is 14.7. The molecule has 1 amide bonds. The maximum absolute atomic E-state index is 14.8. The number of aryl methyl sites for hydroxylation is 1. The summed E-state index contributed by atoms with van der Waals surface area (Å²) >= 11 is 1.18. The van der Waals surface area contributed by atoms with Gasteiger partial charge in [-0.2, -0.15) is 10.2 Å². The number of rotatable bonds is 12. The second-order valence-electron chi connectivity index (χ2n) is 11.0. The lowest BCUT2D eigenvalue weighted by Crippen LogP contribution is -2.44. The summed E-state index contributed by atoms with van der Waals surface area (Å²) in [5.41, 5.74) is 0.628. The zero-order valence-electron chi connectivity index (χ0n) is 25.6. The Morgan fingerprint density at radius 1 is 1.07 bits per heavy atom.